The molecule has 1 N–H and O–H groups in total. The second kappa shape index (κ2) is 3.01. The van der Waals surface area contributed by atoms with Crippen molar-refractivity contribution in [1.29, 1.82) is 0 Å². The van der Waals surface area contributed by atoms with Crippen molar-refractivity contribution in [3.8, 4) is 11.3 Å². The van der Waals surface area contributed by atoms with Gasteiger partial charge in [0.1, 0.15) is 5.69 Å². The van der Waals surface area contributed by atoms with E-state index in [0.717, 1.165) is 17.0 Å². The SMILES string of the molecule is Cc1ccc(-c2nn[nH]c2C)cc1. The Morgan fingerprint density at radius 2 is 1.77 bits per heavy atom. The van der Waals surface area contributed by atoms with Gasteiger partial charge in [0.25, 0.3) is 0 Å². The normalized spacial score (nSPS) is 10.3. The van der Waals surface area contributed by atoms with Crippen LogP contribution in [0.2, 0.25) is 0 Å². The minimum Gasteiger partial charge on any atom is -0.262 e. The molecule has 0 aliphatic rings. The predicted octanol–water partition coefficient (Wildman–Crippen LogP) is 2.09. The third-order valence-electron chi connectivity index (χ3n) is 2.05. The van der Waals surface area contributed by atoms with Gasteiger partial charge < -0.3 is 0 Å². The fraction of sp³-hybridized carbons (Fsp3) is 0.200. The van der Waals surface area contributed by atoms with Gasteiger partial charge in [-0.1, -0.05) is 35.0 Å². The largest absolute Gasteiger partial charge is 0.262 e. The molecular formula is C10H11N3. The van der Waals surface area contributed by atoms with Crippen molar-refractivity contribution in [1.82, 2.24) is 15.4 Å². The molecule has 1 aromatic heterocycles. The highest BCUT2D eigenvalue weighted by molar-refractivity contribution is 5.60. The summed E-state index contributed by atoms with van der Waals surface area (Å²) in [5, 5.41) is 10.6. The number of aromatic amines is 1. The second-order valence-corrected chi connectivity index (χ2v) is 3.15. The van der Waals surface area contributed by atoms with Gasteiger partial charge >= 0.3 is 0 Å². The quantitative estimate of drug-likeness (QED) is 0.717. The van der Waals surface area contributed by atoms with Gasteiger partial charge in [0.2, 0.25) is 0 Å². The number of nitrogens with zero attached hydrogens (tertiary/aromatic N) is 2. The first-order valence-electron chi connectivity index (χ1n) is 4.22. The molecule has 2 rings (SSSR count). The minimum atomic E-state index is 0.931. The van der Waals surface area contributed by atoms with E-state index in [1.165, 1.54) is 5.56 Å². The monoisotopic (exact) mass is 173 g/mol. The van der Waals surface area contributed by atoms with Crippen LogP contribution in [0, 0.1) is 13.8 Å². The van der Waals surface area contributed by atoms with E-state index in [1.807, 2.05) is 6.92 Å². The van der Waals surface area contributed by atoms with Gasteiger partial charge in [0, 0.05) is 5.56 Å². The van der Waals surface area contributed by atoms with Gasteiger partial charge in [-0.05, 0) is 13.8 Å². The highest BCUT2D eigenvalue weighted by Crippen LogP contribution is 2.18. The minimum absolute atomic E-state index is 0.931. The van der Waals surface area contributed by atoms with E-state index in [-0.39, 0.29) is 0 Å². The lowest BCUT2D eigenvalue weighted by Crippen LogP contribution is -1.81. The summed E-state index contributed by atoms with van der Waals surface area (Å²) >= 11 is 0. The zero-order valence-electron chi connectivity index (χ0n) is 7.70. The van der Waals surface area contributed by atoms with Crippen molar-refractivity contribution in [2.45, 2.75) is 13.8 Å². The molecule has 3 nitrogen and oxygen atoms in total. The van der Waals surface area contributed by atoms with Crippen molar-refractivity contribution in [2.24, 2.45) is 0 Å². The van der Waals surface area contributed by atoms with E-state index < -0.39 is 0 Å². The van der Waals surface area contributed by atoms with E-state index in [2.05, 4.69) is 46.6 Å². The summed E-state index contributed by atoms with van der Waals surface area (Å²) in [7, 11) is 0. The van der Waals surface area contributed by atoms with Crippen molar-refractivity contribution in [3.63, 3.8) is 0 Å². The average molecular weight is 173 g/mol. The predicted molar refractivity (Wildman–Crippen MR) is 51.3 cm³/mol. The topological polar surface area (TPSA) is 41.6 Å². The van der Waals surface area contributed by atoms with E-state index in [9.17, 15) is 0 Å². The Kier molecular flexibility index (Phi) is 1.85. The van der Waals surface area contributed by atoms with Gasteiger partial charge in [-0.3, -0.25) is 5.10 Å². The number of nitrogens with one attached hydrogen (secondary N) is 1. The van der Waals surface area contributed by atoms with E-state index in [4.69, 9.17) is 0 Å². The van der Waals surface area contributed by atoms with E-state index in [0.29, 0.717) is 0 Å². The Labute approximate surface area is 76.8 Å². The molecule has 13 heavy (non-hydrogen) atoms. The Morgan fingerprint density at radius 1 is 1.08 bits per heavy atom. The molecule has 0 aliphatic heterocycles. The third-order valence-corrected chi connectivity index (χ3v) is 2.05. The molecule has 1 aromatic carbocycles. The van der Waals surface area contributed by atoms with Crippen LogP contribution in [0.1, 0.15) is 11.3 Å². The number of rotatable bonds is 1. The molecule has 0 fully saturated rings. The van der Waals surface area contributed by atoms with E-state index >= 15 is 0 Å². The maximum Gasteiger partial charge on any atom is 0.115 e. The van der Waals surface area contributed by atoms with Crippen molar-refractivity contribution in [3.05, 3.63) is 35.5 Å². The summed E-state index contributed by atoms with van der Waals surface area (Å²) in [5.74, 6) is 0. The van der Waals surface area contributed by atoms with Crippen LogP contribution in [-0.2, 0) is 0 Å². The standard InChI is InChI=1S/C10H11N3/c1-7-3-5-9(6-4-7)10-8(2)11-13-12-10/h3-6H,1-2H3,(H,11,12,13). The summed E-state index contributed by atoms with van der Waals surface area (Å²) in [6, 6.07) is 8.26. The van der Waals surface area contributed by atoms with Crippen LogP contribution in [0.5, 0.6) is 0 Å². The first kappa shape index (κ1) is 7.98. The average Bonchev–Trinajstić information content (AvgIpc) is 2.53. The molecule has 0 atom stereocenters. The fourth-order valence-electron chi connectivity index (χ4n) is 1.26. The fourth-order valence-corrected chi connectivity index (χ4v) is 1.26. The Bertz CT molecular complexity index is 400. The molecule has 0 amide bonds. The highest BCUT2D eigenvalue weighted by Gasteiger charge is 2.03. The van der Waals surface area contributed by atoms with Crippen LogP contribution >= 0.6 is 0 Å². The van der Waals surface area contributed by atoms with Gasteiger partial charge in [-0.15, -0.1) is 5.10 Å². The molecule has 0 bridgehead atoms. The number of hydrogen-bond acceptors (Lipinski definition) is 2. The molecule has 1 heterocycles. The Hall–Kier alpha value is -1.64. The summed E-state index contributed by atoms with van der Waals surface area (Å²) in [4.78, 5) is 0. The van der Waals surface area contributed by atoms with Crippen molar-refractivity contribution < 1.29 is 0 Å². The summed E-state index contributed by atoms with van der Waals surface area (Å²) in [6.07, 6.45) is 0. The van der Waals surface area contributed by atoms with Gasteiger partial charge in [0.05, 0.1) is 5.69 Å². The summed E-state index contributed by atoms with van der Waals surface area (Å²) < 4.78 is 0. The smallest absolute Gasteiger partial charge is 0.115 e. The Morgan fingerprint density at radius 3 is 2.31 bits per heavy atom. The maximum absolute atomic E-state index is 4.01. The first-order valence-corrected chi connectivity index (χ1v) is 4.22. The number of H-pyrrole nitrogens is 1. The van der Waals surface area contributed by atoms with Crippen LogP contribution in [0.3, 0.4) is 0 Å². The highest BCUT2D eigenvalue weighted by atomic mass is 15.3. The molecule has 2 aromatic rings. The van der Waals surface area contributed by atoms with Crippen molar-refractivity contribution >= 4 is 0 Å². The lowest BCUT2D eigenvalue weighted by Gasteiger charge is -1.97. The summed E-state index contributed by atoms with van der Waals surface area (Å²) in [6.45, 7) is 4.04. The molecule has 0 aliphatic carbocycles. The summed E-state index contributed by atoms with van der Waals surface area (Å²) in [5.41, 5.74) is 4.30. The molecule has 0 saturated carbocycles. The molecule has 0 unspecified atom stereocenters. The first-order chi connectivity index (χ1) is 6.27. The number of benzene rings is 1. The zero-order chi connectivity index (χ0) is 9.26. The van der Waals surface area contributed by atoms with Crippen LogP contribution < -0.4 is 0 Å². The number of aryl methyl sites for hydroxylation is 2. The second-order valence-electron chi connectivity index (χ2n) is 3.15. The maximum atomic E-state index is 4.01. The Balaban J connectivity index is 2.47. The van der Waals surface area contributed by atoms with Crippen LogP contribution in [0.15, 0.2) is 24.3 Å². The van der Waals surface area contributed by atoms with Gasteiger partial charge in [-0.25, -0.2) is 0 Å². The van der Waals surface area contributed by atoms with Gasteiger partial charge in [0.15, 0.2) is 0 Å². The number of hydrogen-bond donors (Lipinski definition) is 1. The van der Waals surface area contributed by atoms with Crippen LogP contribution in [0.4, 0.5) is 0 Å². The molecular weight excluding hydrogens is 162 g/mol. The molecule has 0 saturated heterocycles. The lowest BCUT2D eigenvalue weighted by molar-refractivity contribution is 0.929. The third kappa shape index (κ3) is 1.45. The van der Waals surface area contributed by atoms with Crippen molar-refractivity contribution in [2.75, 3.05) is 0 Å². The van der Waals surface area contributed by atoms with Crippen LogP contribution in [-0.4, -0.2) is 15.4 Å². The lowest BCUT2D eigenvalue weighted by atomic mass is 10.1. The molecule has 0 spiro atoms. The van der Waals surface area contributed by atoms with E-state index in [1.54, 1.807) is 0 Å². The molecule has 3 heteroatoms. The van der Waals surface area contributed by atoms with Gasteiger partial charge in [-0.2, -0.15) is 0 Å². The molecule has 66 valence electrons. The van der Waals surface area contributed by atoms with Crippen LogP contribution in [0.25, 0.3) is 11.3 Å². The zero-order valence-corrected chi connectivity index (χ0v) is 7.70. The number of aromatic nitrogens is 3. The molecule has 0 radical (unpaired) electrons.